The number of anilines is 1. The van der Waals surface area contributed by atoms with Gasteiger partial charge >= 0.3 is 0 Å². The van der Waals surface area contributed by atoms with Crippen LogP contribution in [0.3, 0.4) is 0 Å². The molecule has 0 fully saturated rings. The lowest BCUT2D eigenvalue weighted by molar-refractivity contribution is 0.0356. The largest absolute Gasteiger partial charge is 0.488 e. The summed E-state index contributed by atoms with van der Waals surface area (Å²) in [6.45, 7) is 17.4. The van der Waals surface area contributed by atoms with Gasteiger partial charge in [-0.3, -0.25) is 0 Å². The fraction of sp³-hybridized carbons (Fsp3) is 0.364. The zero-order valence-electron chi connectivity index (χ0n) is 15.9. The third kappa shape index (κ3) is 4.77. The van der Waals surface area contributed by atoms with Crippen molar-refractivity contribution in [3.05, 3.63) is 70.4 Å². The van der Waals surface area contributed by atoms with E-state index in [-0.39, 0.29) is 5.70 Å². The highest BCUT2D eigenvalue weighted by Crippen LogP contribution is 2.32. The van der Waals surface area contributed by atoms with Crippen LogP contribution in [0.4, 0.5) is 5.69 Å². The lowest BCUT2D eigenvalue weighted by Gasteiger charge is -2.32. The molecule has 0 unspecified atom stereocenters. The summed E-state index contributed by atoms with van der Waals surface area (Å²) in [5.74, 6) is 0.667. The molecule has 1 aliphatic heterocycles. The van der Waals surface area contributed by atoms with Crippen molar-refractivity contribution in [1.82, 2.24) is 0 Å². The van der Waals surface area contributed by atoms with E-state index in [4.69, 9.17) is 16.6 Å². The van der Waals surface area contributed by atoms with Gasteiger partial charge in [0.15, 0.2) is 0 Å². The molecule has 0 amide bonds. The molecular formula is C22H25N3O. The standard InChI is InChI=1S/C22H25N3O/c1-6-25(7-2)19-11-8-17(9-12-19)10-13-20-14-18(21(16-23)24-5)15-22(3,4)26-20/h8-14H,6-7,15H2,1-4H3/b13-10+,21-18-. The van der Waals surface area contributed by atoms with Crippen LogP contribution >= 0.6 is 0 Å². The summed E-state index contributed by atoms with van der Waals surface area (Å²) in [6.07, 6.45) is 6.23. The van der Waals surface area contributed by atoms with Crippen LogP contribution in [-0.2, 0) is 4.74 Å². The van der Waals surface area contributed by atoms with Gasteiger partial charge in [-0.1, -0.05) is 18.2 Å². The molecule has 1 aromatic carbocycles. The topological polar surface area (TPSA) is 40.6 Å². The second-order valence-electron chi connectivity index (χ2n) is 6.78. The number of benzene rings is 1. The van der Waals surface area contributed by atoms with Gasteiger partial charge in [0.1, 0.15) is 11.4 Å². The lowest BCUT2D eigenvalue weighted by Crippen LogP contribution is -2.27. The third-order valence-electron chi connectivity index (χ3n) is 4.31. The predicted octanol–water partition coefficient (Wildman–Crippen LogP) is 5.33. The van der Waals surface area contributed by atoms with E-state index in [0.29, 0.717) is 12.2 Å². The Labute approximate surface area is 156 Å². The van der Waals surface area contributed by atoms with E-state index < -0.39 is 5.60 Å². The second kappa shape index (κ2) is 8.41. The molecule has 0 saturated carbocycles. The molecule has 1 heterocycles. The van der Waals surface area contributed by atoms with E-state index in [2.05, 4.69) is 47.9 Å². The van der Waals surface area contributed by atoms with Crippen molar-refractivity contribution >= 4 is 11.8 Å². The van der Waals surface area contributed by atoms with E-state index in [0.717, 1.165) is 24.2 Å². The maximum absolute atomic E-state index is 9.14. The lowest BCUT2D eigenvalue weighted by atomic mass is 9.93. The molecule has 0 bridgehead atoms. The molecule has 4 nitrogen and oxygen atoms in total. The minimum absolute atomic E-state index is 0.135. The Morgan fingerprint density at radius 2 is 1.92 bits per heavy atom. The first-order valence-corrected chi connectivity index (χ1v) is 8.87. The van der Waals surface area contributed by atoms with E-state index >= 15 is 0 Å². The number of nitriles is 1. The Bertz CT molecular complexity index is 794. The van der Waals surface area contributed by atoms with Gasteiger partial charge in [-0.25, -0.2) is 10.1 Å². The quantitative estimate of drug-likeness (QED) is 0.534. The molecule has 0 aromatic heterocycles. The minimum atomic E-state index is -0.441. The molecule has 4 heteroatoms. The molecule has 0 N–H and O–H groups in total. The Balaban J connectivity index is 2.25. The highest BCUT2D eigenvalue weighted by Gasteiger charge is 2.27. The van der Waals surface area contributed by atoms with Crippen molar-refractivity contribution in [1.29, 1.82) is 5.26 Å². The monoisotopic (exact) mass is 347 g/mol. The molecule has 0 spiro atoms. The van der Waals surface area contributed by atoms with Crippen LogP contribution in [0, 0.1) is 17.9 Å². The van der Waals surface area contributed by atoms with Crippen LogP contribution in [0.25, 0.3) is 10.9 Å². The molecule has 1 aromatic rings. The predicted molar refractivity (Wildman–Crippen MR) is 106 cm³/mol. The van der Waals surface area contributed by atoms with Crippen molar-refractivity contribution in [3.8, 4) is 6.07 Å². The van der Waals surface area contributed by atoms with Crippen molar-refractivity contribution < 1.29 is 4.74 Å². The number of hydrogen-bond donors (Lipinski definition) is 0. The first-order chi connectivity index (χ1) is 12.4. The summed E-state index contributed by atoms with van der Waals surface area (Å²) in [5, 5.41) is 9.14. The van der Waals surface area contributed by atoms with E-state index in [1.165, 1.54) is 5.69 Å². The number of allylic oxidation sites excluding steroid dienone is 3. The van der Waals surface area contributed by atoms with Gasteiger partial charge in [-0.2, -0.15) is 0 Å². The van der Waals surface area contributed by atoms with E-state index in [1.807, 2.05) is 32.1 Å². The third-order valence-corrected chi connectivity index (χ3v) is 4.31. The average molecular weight is 347 g/mol. The summed E-state index contributed by atoms with van der Waals surface area (Å²) in [6, 6.07) is 10.4. The minimum Gasteiger partial charge on any atom is -0.488 e. The Kier molecular flexibility index (Phi) is 6.26. The molecule has 134 valence electrons. The van der Waals surface area contributed by atoms with Crippen molar-refractivity contribution in [2.45, 2.75) is 39.7 Å². The molecule has 2 rings (SSSR count). The van der Waals surface area contributed by atoms with Gasteiger partial charge in [0.05, 0.1) is 12.6 Å². The number of nitrogens with zero attached hydrogens (tertiary/aromatic N) is 3. The molecule has 0 atom stereocenters. The van der Waals surface area contributed by atoms with Crippen LogP contribution in [0.5, 0.6) is 0 Å². The van der Waals surface area contributed by atoms with E-state index in [1.54, 1.807) is 6.08 Å². The van der Waals surface area contributed by atoms with Crippen LogP contribution in [0.15, 0.2) is 53.4 Å². The average Bonchev–Trinajstić information content (AvgIpc) is 2.62. The summed E-state index contributed by atoms with van der Waals surface area (Å²) in [5.41, 5.74) is 2.71. The van der Waals surface area contributed by atoms with Crippen LogP contribution in [0.1, 0.15) is 39.7 Å². The number of rotatable bonds is 5. The first kappa shape index (κ1) is 19.3. The molecule has 1 aliphatic rings. The summed E-state index contributed by atoms with van der Waals surface area (Å²) < 4.78 is 5.98. The number of hydrogen-bond acceptors (Lipinski definition) is 3. The SMILES string of the molecule is [C-]#[N+]/C(C#N)=C1C=C(/C=C/c2ccc(N(CC)CC)cc2)OC(C)(C)C/1. The van der Waals surface area contributed by atoms with Gasteiger partial charge in [-0.15, -0.1) is 0 Å². The van der Waals surface area contributed by atoms with Crippen molar-refractivity contribution in [2.24, 2.45) is 0 Å². The summed E-state index contributed by atoms with van der Waals surface area (Å²) in [4.78, 5) is 5.63. The fourth-order valence-corrected chi connectivity index (χ4v) is 3.03. The van der Waals surface area contributed by atoms with Gasteiger partial charge < -0.3 is 9.64 Å². The molecule has 0 aliphatic carbocycles. The summed E-state index contributed by atoms with van der Waals surface area (Å²) in [7, 11) is 0. The molecule has 0 radical (unpaired) electrons. The molecular weight excluding hydrogens is 322 g/mol. The Hall–Kier alpha value is -2.98. The number of ether oxygens (including phenoxy) is 1. The van der Waals surface area contributed by atoms with Gasteiger partial charge in [0.2, 0.25) is 0 Å². The maximum Gasteiger partial charge on any atom is 0.265 e. The molecule has 26 heavy (non-hydrogen) atoms. The van der Waals surface area contributed by atoms with Gasteiger partial charge in [0.25, 0.3) is 5.70 Å². The smallest absolute Gasteiger partial charge is 0.265 e. The van der Waals surface area contributed by atoms with Gasteiger partial charge in [0, 0.05) is 25.2 Å². The Morgan fingerprint density at radius 3 is 2.46 bits per heavy atom. The highest BCUT2D eigenvalue weighted by molar-refractivity contribution is 5.58. The van der Waals surface area contributed by atoms with Crippen LogP contribution < -0.4 is 4.90 Å². The van der Waals surface area contributed by atoms with E-state index in [9.17, 15) is 0 Å². The fourth-order valence-electron chi connectivity index (χ4n) is 3.03. The van der Waals surface area contributed by atoms with Crippen molar-refractivity contribution in [3.63, 3.8) is 0 Å². The first-order valence-electron chi connectivity index (χ1n) is 8.87. The zero-order valence-corrected chi connectivity index (χ0v) is 15.9. The maximum atomic E-state index is 9.14. The highest BCUT2D eigenvalue weighted by atomic mass is 16.5. The summed E-state index contributed by atoms with van der Waals surface area (Å²) >= 11 is 0. The van der Waals surface area contributed by atoms with Crippen LogP contribution in [0.2, 0.25) is 0 Å². The van der Waals surface area contributed by atoms with Gasteiger partial charge in [-0.05, 0) is 63.1 Å². The van der Waals surface area contributed by atoms with Crippen LogP contribution in [-0.4, -0.2) is 18.7 Å². The normalized spacial score (nSPS) is 17.7. The second-order valence-corrected chi connectivity index (χ2v) is 6.78. The molecule has 0 saturated heterocycles. The zero-order chi connectivity index (χ0) is 19.2. The van der Waals surface area contributed by atoms with Crippen molar-refractivity contribution in [2.75, 3.05) is 18.0 Å². The Morgan fingerprint density at radius 1 is 1.27 bits per heavy atom.